The number of hydrogen-bond donors (Lipinski definition) is 2. The molecule has 0 aromatic heterocycles. The zero-order valence-electron chi connectivity index (χ0n) is 10.4. The Hall–Kier alpha value is -1.18. The molecule has 0 aliphatic rings. The minimum atomic E-state index is -0.251. The number of benzene rings is 2. The monoisotopic (exact) mass is 372 g/mol. The maximum atomic E-state index is 13.1. The Morgan fingerprint density at radius 3 is 2.42 bits per heavy atom. The van der Waals surface area contributed by atoms with Crippen LogP contribution in [0.2, 0.25) is 0 Å². The zero-order valence-corrected chi connectivity index (χ0v) is 12.5. The molecule has 0 aliphatic heterocycles. The number of ether oxygens (including phenoxy) is 1. The van der Waals surface area contributed by atoms with Crippen LogP contribution in [-0.2, 0) is 0 Å². The van der Waals surface area contributed by atoms with Gasteiger partial charge in [-0.1, -0.05) is 18.2 Å². The molecule has 0 aliphatic carbocycles. The summed E-state index contributed by atoms with van der Waals surface area (Å²) >= 11 is 2.11. The zero-order chi connectivity index (χ0) is 13.8. The minimum absolute atomic E-state index is 0.182. The van der Waals surface area contributed by atoms with Gasteiger partial charge in [-0.2, -0.15) is 0 Å². The fourth-order valence-electron chi connectivity index (χ4n) is 1.90. The molecule has 19 heavy (non-hydrogen) atoms. The molecule has 2 aromatic carbocycles. The van der Waals surface area contributed by atoms with Crippen molar-refractivity contribution in [2.75, 3.05) is 7.11 Å². The molecule has 2 rings (SSSR count). The summed E-state index contributed by atoms with van der Waals surface area (Å²) < 4.78 is 19.1. The number of nitrogens with one attached hydrogen (secondary N) is 1. The van der Waals surface area contributed by atoms with Crippen LogP contribution in [0.25, 0.3) is 0 Å². The normalized spacial score (nSPS) is 12.2. The van der Waals surface area contributed by atoms with Crippen molar-refractivity contribution in [3.8, 4) is 5.75 Å². The van der Waals surface area contributed by atoms with Crippen molar-refractivity contribution in [3.05, 3.63) is 63.0 Å². The molecule has 0 fully saturated rings. The van der Waals surface area contributed by atoms with Crippen LogP contribution in [0.15, 0.2) is 42.5 Å². The smallest absolute Gasteiger partial charge is 0.124 e. The lowest BCUT2D eigenvalue weighted by molar-refractivity contribution is 0.414. The SMILES string of the molecule is COc1ccc(C(NN)c2ccc(F)cc2I)cc1. The molecule has 1 atom stereocenters. The molecule has 3 nitrogen and oxygen atoms in total. The van der Waals surface area contributed by atoms with Crippen molar-refractivity contribution in [2.24, 2.45) is 5.84 Å². The molecule has 100 valence electrons. The standard InChI is InChI=1S/C14H14FIN2O/c1-19-11-5-2-9(3-6-11)14(18-17)12-7-4-10(15)8-13(12)16/h2-8,14,18H,17H2,1H3. The summed E-state index contributed by atoms with van der Waals surface area (Å²) in [6, 6.07) is 12.1. The van der Waals surface area contributed by atoms with Crippen molar-refractivity contribution in [2.45, 2.75) is 6.04 Å². The fraction of sp³-hybridized carbons (Fsp3) is 0.143. The molecular weight excluding hydrogens is 358 g/mol. The second-order valence-corrected chi connectivity index (χ2v) is 5.20. The van der Waals surface area contributed by atoms with Crippen LogP contribution >= 0.6 is 22.6 Å². The molecule has 3 N–H and O–H groups in total. The van der Waals surface area contributed by atoms with Crippen LogP contribution in [0.4, 0.5) is 4.39 Å². The van der Waals surface area contributed by atoms with E-state index >= 15 is 0 Å². The van der Waals surface area contributed by atoms with Gasteiger partial charge in [0.2, 0.25) is 0 Å². The van der Waals surface area contributed by atoms with Gasteiger partial charge in [-0.3, -0.25) is 5.84 Å². The summed E-state index contributed by atoms with van der Waals surface area (Å²) in [5, 5.41) is 0. The quantitative estimate of drug-likeness (QED) is 0.493. The van der Waals surface area contributed by atoms with Gasteiger partial charge < -0.3 is 4.74 Å². The summed E-state index contributed by atoms with van der Waals surface area (Å²) in [5.41, 5.74) is 4.70. The number of hydrazine groups is 1. The van der Waals surface area contributed by atoms with E-state index in [0.29, 0.717) is 0 Å². The predicted octanol–water partition coefficient (Wildman–Crippen LogP) is 2.99. The van der Waals surface area contributed by atoms with Gasteiger partial charge in [0.1, 0.15) is 11.6 Å². The number of methoxy groups -OCH3 is 1. The lowest BCUT2D eigenvalue weighted by atomic mass is 9.99. The Balaban J connectivity index is 2.37. The van der Waals surface area contributed by atoms with Crippen molar-refractivity contribution in [3.63, 3.8) is 0 Å². The molecule has 1 unspecified atom stereocenters. The number of halogens is 2. The summed E-state index contributed by atoms with van der Waals surface area (Å²) in [4.78, 5) is 0. The average Bonchev–Trinajstić information content (AvgIpc) is 2.42. The third-order valence-corrected chi connectivity index (χ3v) is 3.82. The van der Waals surface area contributed by atoms with E-state index in [1.807, 2.05) is 24.3 Å². The Morgan fingerprint density at radius 2 is 1.89 bits per heavy atom. The molecule has 0 spiro atoms. The maximum absolute atomic E-state index is 13.1. The van der Waals surface area contributed by atoms with Crippen LogP contribution in [0.5, 0.6) is 5.75 Å². The lowest BCUT2D eigenvalue weighted by Crippen LogP contribution is -2.29. The van der Waals surface area contributed by atoms with Crippen molar-refractivity contribution >= 4 is 22.6 Å². The van der Waals surface area contributed by atoms with Gasteiger partial charge in [-0.05, 0) is 58.0 Å². The van der Waals surface area contributed by atoms with Gasteiger partial charge in [0.25, 0.3) is 0 Å². The highest BCUT2D eigenvalue weighted by molar-refractivity contribution is 14.1. The highest BCUT2D eigenvalue weighted by Crippen LogP contribution is 2.27. The van der Waals surface area contributed by atoms with Gasteiger partial charge >= 0.3 is 0 Å². The summed E-state index contributed by atoms with van der Waals surface area (Å²) in [6.45, 7) is 0. The van der Waals surface area contributed by atoms with Crippen LogP contribution in [0, 0.1) is 9.39 Å². The molecule has 0 heterocycles. The lowest BCUT2D eigenvalue weighted by Gasteiger charge is -2.18. The third kappa shape index (κ3) is 3.23. The topological polar surface area (TPSA) is 47.3 Å². The molecule has 5 heteroatoms. The van der Waals surface area contributed by atoms with E-state index < -0.39 is 0 Å². The van der Waals surface area contributed by atoms with E-state index in [9.17, 15) is 4.39 Å². The Labute approximate surface area is 125 Å². The van der Waals surface area contributed by atoms with E-state index in [1.165, 1.54) is 12.1 Å². The molecule has 0 saturated carbocycles. The van der Waals surface area contributed by atoms with Gasteiger partial charge in [0, 0.05) is 3.57 Å². The molecule has 0 radical (unpaired) electrons. The van der Waals surface area contributed by atoms with Gasteiger partial charge in [0.15, 0.2) is 0 Å². The van der Waals surface area contributed by atoms with Crippen molar-refractivity contribution in [1.82, 2.24) is 5.43 Å². The van der Waals surface area contributed by atoms with Gasteiger partial charge in [-0.25, -0.2) is 9.82 Å². The number of nitrogens with two attached hydrogens (primary N) is 1. The van der Waals surface area contributed by atoms with Crippen LogP contribution in [0.3, 0.4) is 0 Å². The summed E-state index contributed by atoms with van der Waals surface area (Å²) in [6.07, 6.45) is 0. The predicted molar refractivity (Wildman–Crippen MR) is 81.3 cm³/mol. The van der Waals surface area contributed by atoms with E-state index in [0.717, 1.165) is 20.4 Å². The first kappa shape index (κ1) is 14.2. The first-order chi connectivity index (χ1) is 9.15. The second-order valence-electron chi connectivity index (χ2n) is 4.04. The molecule has 0 bridgehead atoms. The average molecular weight is 372 g/mol. The third-order valence-electron chi connectivity index (χ3n) is 2.89. The second kappa shape index (κ2) is 6.31. The highest BCUT2D eigenvalue weighted by atomic mass is 127. The first-order valence-electron chi connectivity index (χ1n) is 5.70. The Morgan fingerprint density at radius 1 is 1.21 bits per heavy atom. The summed E-state index contributed by atoms with van der Waals surface area (Å²) in [7, 11) is 1.62. The molecule has 2 aromatic rings. The maximum Gasteiger partial charge on any atom is 0.124 e. The molecule has 0 amide bonds. The van der Waals surface area contributed by atoms with E-state index in [1.54, 1.807) is 13.2 Å². The highest BCUT2D eigenvalue weighted by Gasteiger charge is 2.15. The first-order valence-corrected chi connectivity index (χ1v) is 6.78. The molecule has 0 saturated heterocycles. The Bertz CT molecular complexity index is 560. The molecular formula is C14H14FIN2O. The van der Waals surface area contributed by atoms with Crippen LogP contribution in [0.1, 0.15) is 17.2 Å². The van der Waals surface area contributed by atoms with Crippen molar-refractivity contribution in [1.29, 1.82) is 0 Å². The number of rotatable bonds is 4. The van der Waals surface area contributed by atoms with Crippen LogP contribution in [-0.4, -0.2) is 7.11 Å². The van der Waals surface area contributed by atoms with Gasteiger partial charge in [-0.15, -0.1) is 0 Å². The van der Waals surface area contributed by atoms with E-state index in [4.69, 9.17) is 10.6 Å². The van der Waals surface area contributed by atoms with E-state index in [2.05, 4.69) is 28.0 Å². The van der Waals surface area contributed by atoms with E-state index in [-0.39, 0.29) is 11.9 Å². The largest absolute Gasteiger partial charge is 0.497 e. The van der Waals surface area contributed by atoms with Gasteiger partial charge in [0.05, 0.1) is 13.2 Å². The summed E-state index contributed by atoms with van der Waals surface area (Å²) in [5.74, 6) is 6.17. The minimum Gasteiger partial charge on any atom is -0.497 e. The number of hydrogen-bond acceptors (Lipinski definition) is 3. The van der Waals surface area contributed by atoms with Crippen LogP contribution < -0.4 is 16.0 Å². The fourth-order valence-corrected chi connectivity index (χ4v) is 2.69. The van der Waals surface area contributed by atoms with Crippen molar-refractivity contribution < 1.29 is 9.13 Å². The Kier molecular flexibility index (Phi) is 4.73.